The highest BCUT2D eigenvalue weighted by Gasteiger charge is 2.34. The van der Waals surface area contributed by atoms with E-state index in [9.17, 15) is 9.90 Å². The number of hydrogen-bond acceptors (Lipinski definition) is 5. The molecule has 2 aromatic rings. The van der Waals surface area contributed by atoms with Crippen LogP contribution in [0.5, 0.6) is 11.5 Å². The van der Waals surface area contributed by atoms with Gasteiger partial charge in [0.15, 0.2) is 15.8 Å². The fraction of sp³-hybridized carbons (Fsp3) is 0.111. The second-order valence-electron chi connectivity index (χ2n) is 5.36. The Kier molecular flexibility index (Phi) is 5.03. The van der Waals surface area contributed by atoms with Crippen LogP contribution in [0.2, 0.25) is 5.02 Å². The van der Waals surface area contributed by atoms with Gasteiger partial charge in [0.2, 0.25) is 0 Å². The van der Waals surface area contributed by atoms with Gasteiger partial charge in [0.05, 0.1) is 22.7 Å². The first-order chi connectivity index (χ1) is 11.9. The largest absolute Gasteiger partial charge is 0.503 e. The van der Waals surface area contributed by atoms with Gasteiger partial charge >= 0.3 is 0 Å². The number of rotatable bonds is 3. The summed E-state index contributed by atoms with van der Waals surface area (Å²) in [4.78, 5) is 14.8. The smallest absolute Gasteiger partial charge is 0.270 e. The average Bonchev–Trinajstić information content (AvgIpc) is 2.85. The molecule has 2 aromatic carbocycles. The van der Waals surface area contributed by atoms with Crippen LogP contribution in [0.3, 0.4) is 0 Å². The molecule has 7 heteroatoms. The van der Waals surface area contributed by atoms with E-state index in [1.807, 2.05) is 31.2 Å². The predicted octanol–water partition coefficient (Wildman–Crippen LogP) is 4.77. The van der Waals surface area contributed by atoms with Crippen molar-refractivity contribution < 1.29 is 14.6 Å². The quantitative estimate of drug-likeness (QED) is 0.603. The summed E-state index contributed by atoms with van der Waals surface area (Å²) in [6, 6.07) is 10.8. The molecular weight excluding hydrogens is 378 g/mol. The van der Waals surface area contributed by atoms with Crippen LogP contribution in [-0.4, -0.2) is 22.4 Å². The van der Waals surface area contributed by atoms with Gasteiger partial charge < -0.3 is 9.84 Å². The lowest BCUT2D eigenvalue weighted by molar-refractivity contribution is -0.113. The topological polar surface area (TPSA) is 49.8 Å². The number of thiocarbonyl (C=S) groups is 1. The Morgan fingerprint density at radius 2 is 2.04 bits per heavy atom. The fourth-order valence-corrected chi connectivity index (χ4v) is 3.98. The lowest BCUT2D eigenvalue weighted by atomic mass is 10.1. The Balaban J connectivity index is 1.99. The summed E-state index contributed by atoms with van der Waals surface area (Å²) in [5, 5.41) is 9.97. The first-order valence-corrected chi connectivity index (χ1v) is 8.92. The molecule has 0 aliphatic carbocycles. The van der Waals surface area contributed by atoms with Crippen molar-refractivity contribution in [2.75, 3.05) is 12.0 Å². The van der Waals surface area contributed by atoms with Gasteiger partial charge in [0, 0.05) is 0 Å². The van der Waals surface area contributed by atoms with Gasteiger partial charge in [-0.3, -0.25) is 9.69 Å². The molecule has 0 bridgehead atoms. The van der Waals surface area contributed by atoms with Gasteiger partial charge in [0.1, 0.15) is 0 Å². The number of methoxy groups -OCH3 is 1. The molecule has 0 radical (unpaired) electrons. The van der Waals surface area contributed by atoms with E-state index in [1.54, 1.807) is 18.2 Å². The number of carbonyl (C=O) groups excluding carboxylic acids is 1. The summed E-state index contributed by atoms with van der Waals surface area (Å²) >= 11 is 12.6. The first kappa shape index (κ1) is 17.8. The minimum absolute atomic E-state index is 0.131. The van der Waals surface area contributed by atoms with Gasteiger partial charge in [-0.15, -0.1) is 0 Å². The number of nitrogens with zero attached hydrogens (tertiary/aromatic N) is 1. The summed E-state index contributed by atoms with van der Waals surface area (Å²) in [6.07, 6.45) is 1.69. The van der Waals surface area contributed by atoms with Crippen molar-refractivity contribution in [3.63, 3.8) is 0 Å². The monoisotopic (exact) mass is 391 g/mol. The summed E-state index contributed by atoms with van der Waals surface area (Å²) < 4.78 is 5.57. The number of thioether (sulfide) groups is 1. The van der Waals surface area contributed by atoms with Crippen LogP contribution in [0.15, 0.2) is 41.3 Å². The van der Waals surface area contributed by atoms with E-state index in [-0.39, 0.29) is 22.4 Å². The van der Waals surface area contributed by atoms with E-state index in [2.05, 4.69) is 0 Å². The summed E-state index contributed by atoms with van der Waals surface area (Å²) in [6.45, 7) is 1.93. The highest BCUT2D eigenvalue weighted by atomic mass is 35.5. The fourth-order valence-electron chi connectivity index (χ4n) is 2.47. The number of halogens is 1. The molecule has 1 saturated heterocycles. The zero-order valence-corrected chi connectivity index (χ0v) is 15.8. The van der Waals surface area contributed by atoms with Crippen LogP contribution in [0.1, 0.15) is 11.1 Å². The number of anilines is 1. The van der Waals surface area contributed by atoms with E-state index in [0.29, 0.717) is 14.8 Å². The first-order valence-electron chi connectivity index (χ1n) is 7.32. The second kappa shape index (κ2) is 7.07. The molecule has 4 nitrogen and oxygen atoms in total. The van der Waals surface area contributed by atoms with Crippen molar-refractivity contribution in [1.29, 1.82) is 0 Å². The number of phenolic OH excluding ortho intramolecular Hbond substituents is 1. The van der Waals surface area contributed by atoms with Crippen LogP contribution in [-0.2, 0) is 4.79 Å². The molecule has 0 saturated carbocycles. The molecular formula is C18H14ClNO3S2. The van der Waals surface area contributed by atoms with Crippen molar-refractivity contribution in [1.82, 2.24) is 0 Å². The Hall–Kier alpha value is -2.02. The number of para-hydroxylation sites is 1. The minimum atomic E-state index is -0.188. The molecule has 0 spiro atoms. The maximum Gasteiger partial charge on any atom is 0.270 e. The highest BCUT2D eigenvalue weighted by Crippen LogP contribution is 2.39. The summed E-state index contributed by atoms with van der Waals surface area (Å²) in [5.41, 5.74) is 2.38. The highest BCUT2D eigenvalue weighted by molar-refractivity contribution is 8.27. The normalized spacial score (nSPS) is 16.0. The Morgan fingerprint density at radius 1 is 1.32 bits per heavy atom. The molecule has 1 amide bonds. The number of amides is 1. The van der Waals surface area contributed by atoms with Gasteiger partial charge in [-0.05, 0) is 42.3 Å². The minimum Gasteiger partial charge on any atom is -0.503 e. The van der Waals surface area contributed by atoms with Crippen LogP contribution >= 0.6 is 35.6 Å². The van der Waals surface area contributed by atoms with Gasteiger partial charge in [0.25, 0.3) is 5.91 Å². The lowest BCUT2D eigenvalue weighted by Gasteiger charge is -2.16. The van der Waals surface area contributed by atoms with Crippen molar-refractivity contribution in [2.45, 2.75) is 6.92 Å². The molecule has 0 atom stereocenters. The Labute approximate surface area is 160 Å². The molecule has 1 N–H and O–H groups in total. The Morgan fingerprint density at radius 3 is 2.72 bits per heavy atom. The van der Waals surface area contributed by atoms with E-state index >= 15 is 0 Å². The molecule has 25 heavy (non-hydrogen) atoms. The number of carbonyl (C=O) groups is 1. The number of phenols is 1. The third-order valence-electron chi connectivity index (χ3n) is 3.72. The van der Waals surface area contributed by atoms with Gasteiger partial charge in [-0.1, -0.05) is 53.8 Å². The number of ether oxygens (including phenoxy) is 1. The van der Waals surface area contributed by atoms with Crippen LogP contribution in [0.25, 0.3) is 6.08 Å². The SMILES string of the molecule is COc1cc(C=C2SC(=S)N(c3ccccc3C)C2=O)cc(Cl)c1O. The van der Waals surface area contributed by atoms with Crippen molar-refractivity contribution in [3.05, 3.63) is 57.5 Å². The second-order valence-corrected chi connectivity index (χ2v) is 7.44. The van der Waals surface area contributed by atoms with Crippen molar-refractivity contribution in [3.8, 4) is 11.5 Å². The zero-order chi connectivity index (χ0) is 18.1. The molecule has 3 rings (SSSR count). The molecule has 1 aliphatic rings. The van der Waals surface area contributed by atoms with E-state index in [4.69, 9.17) is 28.6 Å². The van der Waals surface area contributed by atoms with Crippen LogP contribution in [0, 0.1) is 6.92 Å². The van der Waals surface area contributed by atoms with Crippen molar-refractivity contribution >= 4 is 57.6 Å². The number of hydrogen-bond donors (Lipinski definition) is 1. The average molecular weight is 392 g/mol. The van der Waals surface area contributed by atoms with Gasteiger partial charge in [-0.2, -0.15) is 0 Å². The number of aryl methyl sites for hydroxylation is 1. The van der Waals surface area contributed by atoms with E-state index < -0.39 is 0 Å². The van der Waals surface area contributed by atoms with Crippen LogP contribution < -0.4 is 9.64 Å². The number of benzene rings is 2. The molecule has 1 aliphatic heterocycles. The maximum absolute atomic E-state index is 12.8. The summed E-state index contributed by atoms with van der Waals surface area (Å²) in [5.74, 6) is -0.0747. The number of aromatic hydroxyl groups is 1. The van der Waals surface area contributed by atoms with Crippen molar-refractivity contribution in [2.24, 2.45) is 0 Å². The molecule has 0 unspecified atom stereocenters. The zero-order valence-electron chi connectivity index (χ0n) is 13.4. The standard InChI is InChI=1S/C18H14ClNO3S2/c1-10-5-3-4-6-13(10)20-17(22)15(25-18(20)24)9-11-7-12(19)16(21)14(8-11)23-2/h3-9,21H,1-2H3. The maximum atomic E-state index is 12.8. The van der Waals surface area contributed by atoms with Gasteiger partial charge in [-0.25, -0.2) is 0 Å². The van der Waals surface area contributed by atoms with E-state index in [1.165, 1.54) is 23.8 Å². The van der Waals surface area contributed by atoms with Crippen LogP contribution in [0.4, 0.5) is 5.69 Å². The molecule has 0 aromatic heterocycles. The third kappa shape index (κ3) is 3.38. The Bertz CT molecular complexity index is 911. The molecule has 128 valence electrons. The lowest BCUT2D eigenvalue weighted by Crippen LogP contribution is -2.28. The summed E-state index contributed by atoms with van der Waals surface area (Å²) in [7, 11) is 1.44. The molecule has 1 fully saturated rings. The predicted molar refractivity (Wildman–Crippen MR) is 106 cm³/mol. The molecule has 1 heterocycles. The third-order valence-corrected chi connectivity index (χ3v) is 5.31. The van der Waals surface area contributed by atoms with E-state index in [0.717, 1.165) is 11.3 Å².